The van der Waals surface area contributed by atoms with Crippen molar-refractivity contribution in [3.8, 4) is 39.6 Å². The van der Waals surface area contributed by atoms with Gasteiger partial charge in [-0.1, -0.05) is 121 Å². The van der Waals surface area contributed by atoms with Gasteiger partial charge in [-0.15, -0.1) is 0 Å². The van der Waals surface area contributed by atoms with Gasteiger partial charge in [-0.2, -0.15) is 0 Å². The van der Waals surface area contributed by atoms with Gasteiger partial charge in [0.25, 0.3) is 0 Å². The molecule has 50 heavy (non-hydrogen) atoms. The Kier molecular flexibility index (Phi) is 5.63. The fourth-order valence-corrected chi connectivity index (χ4v) is 7.94. The molecule has 0 unspecified atom stereocenters. The minimum atomic E-state index is 0.686. The lowest BCUT2D eigenvalue weighted by Gasteiger charge is -2.13. The SMILES string of the molecule is c1ccc(-c2nc(-c3cccc(-c4cc5oc6cccc7c8ccccc8c(c4)c5c67)c3)cc(-n3c4ccccc4c4ccccc43)n2)cc1. The number of aromatic nitrogens is 3. The molecule has 0 saturated heterocycles. The minimum absolute atomic E-state index is 0.686. The second kappa shape index (κ2) is 10.4. The highest BCUT2D eigenvalue weighted by molar-refractivity contribution is 6.33. The standard InChI is InChI=1S/C46H27N3O/c1-2-12-28(13-3-1)46-47-38(27-43(48-46)49-39-21-8-6-18-34(39)35-19-7-9-22-40(35)49)30-15-10-14-29(24-30)31-25-37-33-17-5-4-16-32(33)36-20-11-23-41-44(36)45(37)42(26-31)50-41/h1-27H. The zero-order valence-corrected chi connectivity index (χ0v) is 26.8. The van der Waals surface area contributed by atoms with Gasteiger partial charge in [0.15, 0.2) is 5.82 Å². The van der Waals surface area contributed by atoms with Gasteiger partial charge < -0.3 is 4.42 Å². The molecular formula is C46H27N3O. The molecule has 4 nitrogen and oxygen atoms in total. The average Bonchev–Trinajstić information content (AvgIpc) is 3.74. The number of benzene rings is 8. The van der Waals surface area contributed by atoms with Gasteiger partial charge in [-0.25, -0.2) is 9.97 Å². The highest BCUT2D eigenvalue weighted by Gasteiger charge is 2.20. The molecule has 0 atom stereocenters. The summed E-state index contributed by atoms with van der Waals surface area (Å²) >= 11 is 0. The number of para-hydroxylation sites is 2. The molecule has 11 aromatic rings. The molecule has 3 aromatic heterocycles. The number of rotatable bonds is 4. The smallest absolute Gasteiger partial charge is 0.162 e. The fourth-order valence-electron chi connectivity index (χ4n) is 7.94. The van der Waals surface area contributed by atoms with E-state index in [4.69, 9.17) is 14.4 Å². The summed E-state index contributed by atoms with van der Waals surface area (Å²) in [7, 11) is 0. The van der Waals surface area contributed by atoms with Crippen molar-refractivity contribution in [1.82, 2.24) is 14.5 Å². The normalized spacial score (nSPS) is 12.0. The second-order valence-corrected chi connectivity index (χ2v) is 13.0. The molecule has 11 rings (SSSR count). The van der Waals surface area contributed by atoms with Gasteiger partial charge in [0.2, 0.25) is 0 Å². The first-order valence-corrected chi connectivity index (χ1v) is 16.9. The lowest BCUT2D eigenvalue weighted by Crippen LogP contribution is -2.02. The monoisotopic (exact) mass is 637 g/mol. The first-order valence-electron chi connectivity index (χ1n) is 16.9. The fraction of sp³-hybridized carbons (Fsp3) is 0. The van der Waals surface area contributed by atoms with Crippen LogP contribution in [0.2, 0.25) is 0 Å². The topological polar surface area (TPSA) is 43.9 Å². The third-order valence-electron chi connectivity index (χ3n) is 10.2. The Balaban J connectivity index is 1.14. The quantitative estimate of drug-likeness (QED) is 0.180. The van der Waals surface area contributed by atoms with E-state index in [0.717, 1.165) is 56.0 Å². The lowest BCUT2D eigenvalue weighted by atomic mass is 9.91. The third kappa shape index (κ3) is 3.93. The van der Waals surface area contributed by atoms with Crippen LogP contribution >= 0.6 is 0 Å². The summed E-state index contributed by atoms with van der Waals surface area (Å²) in [5.74, 6) is 1.52. The Labute approximate surface area is 286 Å². The van der Waals surface area contributed by atoms with Gasteiger partial charge in [0, 0.05) is 38.7 Å². The van der Waals surface area contributed by atoms with Crippen LogP contribution in [0, 0.1) is 0 Å². The van der Waals surface area contributed by atoms with E-state index in [-0.39, 0.29) is 0 Å². The summed E-state index contributed by atoms with van der Waals surface area (Å²) in [5, 5.41) is 9.70. The summed E-state index contributed by atoms with van der Waals surface area (Å²) in [6.45, 7) is 0. The number of hydrogen-bond acceptors (Lipinski definition) is 3. The Morgan fingerprint density at radius 1 is 0.380 bits per heavy atom. The van der Waals surface area contributed by atoms with Crippen LogP contribution in [-0.2, 0) is 0 Å². The van der Waals surface area contributed by atoms with Crippen molar-refractivity contribution in [2.45, 2.75) is 0 Å². The molecule has 0 saturated carbocycles. The summed E-state index contributed by atoms with van der Waals surface area (Å²) in [6.07, 6.45) is 0. The molecule has 0 spiro atoms. The van der Waals surface area contributed by atoms with Gasteiger partial charge >= 0.3 is 0 Å². The highest BCUT2D eigenvalue weighted by atomic mass is 16.3. The third-order valence-corrected chi connectivity index (χ3v) is 10.2. The minimum Gasteiger partial charge on any atom is -0.456 e. The molecule has 0 radical (unpaired) electrons. The van der Waals surface area contributed by atoms with Gasteiger partial charge in [-0.3, -0.25) is 4.57 Å². The zero-order valence-electron chi connectivity index (χ0n) is 26.8. The van der Waals surface area contributed by atoms with E-state index in [1.165, 1.54) is 43.1 Å². The molecule has 0 aliphatic heterocycles. The average molecular weight is 638 g/mol. The number of nitrogens with zero attached hydrogens (tertiary/aromatic N) is 3. The number of fused-ring (bicyclic) bond motifs is 6. The van der Waals surface area contributed by atoms with Crippen molar-refractivity contribution in [1.29, 1.82) is 0 Å². The van der Waals surface area contributed by atoms with E-state index in [9.17, 15) is 0 Å². The van der Waals surface area contributed by atoms with Crippen LogP contribution in [0.1, 0.15) is 0 Å². The molecular weight excluding hydrogens is 611 g/mol. The molecule has 0 aliphatic rings. The second-order valence-electron chi connectivity index (χ2n) is 13.0. The van der Waals surface area contributed by atoms with Crippen LogP contribution in [0.3, 0.4) is 0 Å². The zero-order chi connectivity index (χ0) is 32.8. The summed E-state index contributed by atoms with van der Waals surface area (Å²) in [6, 6.07) is 57.7. The van der Waals surface area contributed by atoms with Crippen molar-refractivity contribution < 1.29 is 4.42 Å². The molecule has 0 N–H and O–H groups in total. The maximum atomic E-state index is 6.53. The maximum absolute atomic E-state index is 6.53. The summed E-state index contributed by atoms with van der Waals surface area (Å²) < 4.78 is 8.79. The van der Waals surface area contributed by atoms with Crippen LogP contribution in [0.15, 0.2) is 168 Å². The predicted octanol–water partition coefficient (Wildman–Crippen LogP) is 12.2. The first-order chi connectivity index (χ1) is 24.8. The Hall–Kier alpha value is -6.78. The van der Waals surface area contributed by atoms with Crippen molar-refractivity contribution >= 4 is 65.3 Å². The van der Waals surface area contributed by atoms with E-state index in [0.29, 0.717) is 5.82 Å². The van der Waals surface area contributed by atoms with E-state index in [2.05, 4.69) is 150 Å². The number of furan rings is 1. The van der Waals surface area contributed by atoms with Crippen molar-refractivity contribution in [3.63, 3.8) is 0 Å². The summed E-state index contributed by atoms with van der Waals surface area (Å²) in [5.41, 5.74) is 9.11. The van der Waals surface area contributed by atoms with Crippen LogP contribution in [-0.4, -0.2) is 14.5 Å². The lowest BCUT2D eigenvalue weighted by molar-refractivity contribution is 0.669. The molecule has 0 fully saturated rings. The summed E-state index contributed by atoms with van der Waals surface area (Å²) in [4.78, 5) is 10.4. The molecule has 0 amide bonds. The molecule has 8 aromatic carbocycles. The van der Waals surface area contributed by atoms with E-state index < -0.39 is 0 Å². The largest absolute Gasteiger partial charge is 0.456 e. The van der Waals surface area contributed by atoms with Crippen LogP contribution in [0.4, 0.5) is 0 Å². The van der Waals surface area contributed by atoms with Gasteiger partial charge in [0.05, 0.1) is 16.7 Å². The predicted molar refractivity (Wildman–Crippen MR) is 206 cm³/mol. The van der Waals surface area contributed by atoms with Crippen LogP contribution in [0.5, 0.6) is 0 Å². The molecule has 0 bridgehead atoms. The maximum Gasteiger partial charge on any atom is 0.162 e. The Morgan fingerprint density at radius 2 is 0.980 bits per heavy atom. The van der Waals surface area contributed by atoms with E-state index in [1.807, 2.05) is 18.2 Å². The van der Waals surface area contributed by atoms with Crippen molar-refractivity contribution in [2.24, 2.45) is 0 Å². The van der Waals surface area contributed by atoms with Crippen molar-refractivity contribution in [3.05, 3.63) is 164 Å². The van der Waals surface area contributed by atoms with Crippen LogP contribution in [0.25, 0.3) is 105 Å². The van der Waals surface area contributed by atoms with Gasteiger partial charge in [0.1, 0.15) is 17.0 Å². The number of hydrogen-bond donors (Lipinski definition) is 0. The Bertz CT molecular complexity index is 3040. The molecule has 232 valence electrons. The van der Waals surface area contributed by atoms with Gasteiger partial charge in [-0.05, 0) is 69.1 Å². The Morgan fingerprint density at radius 3 is 1.76 bits per heavy atom. The van der Waals surface area contributed by atoms with Crippen molar-refractivity contribution in [2.75, 3.05) is 0 Å². The van der Waals surface area contributed by atoms with E-state index >= 15 is 0 Å². The molecule has 3 heterocycles. The molecule has 0 aliphatic carbocycles. The van der Waals surface area contributed by atoms with Crippen LogP contribution < -0.4 is 0 Å². The first kappa shape index (κ1) is 27.2. The highest BCUT2D eigenvalue weighted by Crippen LogP contribution is 2.44. The van der Waals surface area contributed by atoms with E-state index in [1.54, 1.807) is 0 Å². The molecule has 4 heteroatoms.